The van der Waals surface area contributed by atoms with E-state index in [0.717, 1.165) is 20.8 Å². The number of thiophene rings is 1. The summed E-state index contributed by atoms with van der Waals surface area (Å²) in [6.07, 6.45) is 3.13. The Balaban J connectivity index is 2.09. The SMILES string of the molecule is Cc1sc2ncn(N=Cc3ccccc3)c(=O)c2c1C. The lowest BCUT2D eigenvalue weighted by Gasteiger charge is -1.98. The van der Waals surface area contributed by atoms with Crippen molar-refractivity contribution in [2.75, 3.05) is 0 Å². The molecule has 0 bridgehead atoms. The average molecular weight is 283 g/mol. The molecule has 0 saturated carbocycles. The first-order valence-electron chi connectivity index (χ1n) is 6.23. The van der Waals surface area contributed by atoms with E-state index in [1.165, 1.54) is 22.3 Å². The van der Waals surface area contributed by atoms with Gasteiger partial charge in [0.2, 0.25) is 0 Å². The second kappa shape index (κ2) is 5.02. The van der Waals surface area contributed by atoms with Crippen LogP contribution in [0.3, 0.4) is 0 Å². The third-order valence-electron chi connectivity index (χ3n) is 3.20. The van der Waals surface area contributed by atoms with Crippen LogP contribution < -0.4 is 5.56 Å². The van der Waals surface area contributed by atoms with E-state index in [1.54, 1.807) is 6.21 Å². The van der Waals surface area contributed by atoms with Crippen LogP contribution in [0.25, 0.3) is 10.2 Å². The van der Waals surface area contributed by atoms with Gasteiger partial charge in [0.05, 0.1) is 11.6 Å². The van der Waals surface area contributed by atoms with Gasteiger partial charge < -0.3 is 0 Å². The summed E-state index contributed by atoms with van der Waals surface area (Å²) >= 11 is 1.54. The highest BCUT2D eigenvalue weighted by Gasteiger charge is 2.11. The first-order chi connectivity index (χ1) is 9.66. The summed E-state index contributed by atoms with van der Waals surface area (Å²) in [5.74, 6) is 0. The van der Waals surface area contributed by atoms with Gasteiger partial charge in [0.1, 0.15) is 11.2 Å². The molecule has 100 valence electrons. The smallest absolute Gasteiger partial charge is 0.267 e. The summed E-state index contributed by atoms with van der Waals surface area (Å²) in [4.78, 5) is 18.6. The van der Waals surface area contributed by atoms with E-state index in [9.17, 15) is 4.79 Å². The van der Waals surface area contributed by atoms with Crippen LogP contribution >= 0.6 is 11.3 Å². The molecule has 0 aliphatic rings. The van der Waals surface area contributed by atoms with Crippen LogP contribution in [0.15, 0.2) is 46.6 Å². The first-order valence-corrected chi connectivity index (χ1v) is 7.05. The quantitative estimate of drug-likeness (QED) is 0.679. The van der Waals surface area contributed by atoms with Crippen LogP contribution in [-0.4, -0.2) is 15.9 Å². The molecule has 0 amide bonds. The number of benzene rings is 1. The normalized spacial score (nSPS) is 11.5. The zero-order valence-corrected chi connectivity index (χ0v) is 12.0. The fraction of sp³-hybridized carbons (Fsp3) is 0.133. The molecule has 20 heavy (non-hydrogen) atoms. The van der Waals surface area contributed by atoms with Crippen LogP contribution in [0.4, 0.5) is 0 Å². The third-order valence-corrected chi connectivity index (χ3v) is 4.32. The third kappa shape index (κ3) is 2.16. The standard InChI is InChI=1S/C15H13N3OS/c1-10-11(2)20-14-13(10)15(19)18(9-16-14)17-8-12-6-4-3-5-7-12/h3-9H,1-2H3. The minimum Gasteiger partial charge on any atom is -0.267 e. The van der Waals surface area contributed by atoms with E-state index in [2.05, 4.69) is 10.1 Å². The molecule has 0 atom stereocenters. The Kier molecular flexibility index (Phi) is 3.20. The van der Waals surface area contributed by atoms with E-state index in [1.807, 2.05) is 44.2 Å². The van der Waals surface area contributed by atoms with Crippen LogP contribution in [0.5, 0.6) is 0 Å². The lowest BCUT2D eigenvalue weighted by atomic mass is 10.2. The van der Waals surface area contributed by atoms with Crippen molar-refractivity contribution < 1.29 is 0 Å². The van der Waals surface area contributed by atoms with Crippen molar-refractivity contribution in [2.24, 2.45) is 5.10 Å². The van der Waals surface area contributed by atoms with E-state index in [4.69, 9.17) is 0 Å². The van der Waals surface area contributed by atoms with Gasteiger partial charge >= 0.3 is 0 Å². The summed E-state index contributed by atoms with van der Waals surface area (Å²) < 4.78 is 1.29. The predicted molar refractivity (Wildman–Crippen MR) is 82.8 cm³/mol. The van der Waals surface area contributed by atoms with Gasteiger partial charge in [-0.15, -0.1) is 11.3 Å². The predicted octanol–water partition coefficient (Wildman–Crippen LogP) is 2.96. The topological polar surface area (TPSA) is 47.2 Å². The highest BCUT2D eigenvalue weighted by molar-refractivity contribution is 7.18. The molecule has 0 aliphatic heterocycles. The highest BCUT2D eigenvalue weighted by atomic mass is 32.1. The largest absolute Gasteiger partial charge is 0.282 e. The van der Waals surface area contributed by atoms with Gasteiger partial charge in [-0.05, 0) is 25.0 Å². The van der Waals surface area contributed by atoms with Crippen molar-refractivity contribution in [1.29, 1.82) is 0 Å². The van der Waals surface area contributed by atoms with Gasteiger partial charge in [0.15, 0.2) is 0 Å². The molecule has 0 fully saturated rings. The fourth-order valence-electron chi connectivity index (χ4n) is 1.98. The molecule has 3 aromatic rings. The molecule has 0 unspecified atom stereocenters. The molecule has 0 aliphatic carbocycles. The molecule has 3 rings (SSSR count). The lowest BCUT2D eigenvalue weighted by Crippen LogP contribution is -2.16. The molecule has 1 aromatic carbocycles. The van der Waals surface area contributed by atoms with Crippen LogP contribution in [-0.2, 0) is 0 Å². The molecule has 4 nitrogen and oxygen atoms in total. The Bertz CT molecular complexity index is 847. The van der Waals surface area contributed by atoms with Gasteiger partial charge in [0, 0.05) is 4.88 Å². The van der Waals surface area contributed by atoms with Gasteiger partial charge in [-0.2, -0.15) is 9.78 Å². The number of hydrogen-bond acceptors (Lipinski definition) is 4. The number of aromatic nitrogens is 2. The zero-order chi connectivity index (χ0) is 14.1. The Morgan fingerprint density at radius 2 is 2.00 bits per heavy atom. The van der Waals surface area contributed by atoms with Gasteiger partial charge in [0.25, 0.3) is 5.56 Å². The second-order valence-corrected chi connectivity index (χ2v) is 5.72. The Hall–Kier alpha value is -2.27. The maximum absolute atomic E-state index is 12.4. The van der Waals surface area contributed by atoms with Crippen LogP contribution in [0, 0.1) is 13.8 Å². The number of aryl methyl sites for hydroxylation is 2. The van der Waals surface area contributed by atoms with Gasteiger partial charge in [-0.1, -0.05) is 30.3 Å². The molecular formula is C15H13N3OS. The van der Waals surface area contributed by atoms with Crippen LogP contribution in [0.2, 0.25) is 0 Å². The zero-order valence-electron chi connectivity index (χ0n) is 11.2. The highest BCUT2D eigenvalue weighted by Crippen LogP contribution is 2.25. The summed E-state index contributed by atoms with van der Waals surface area (Å²) in [6, 6.07) is 9.66. The molecule has 2 aromatic heterocycles. The number of hydrogen-bond donors (Lipinski definition) is 0. The van der Waals surface area contributed by atoms with Crippen molar-refractivity contribution in [3.63, 3.8) is 0 Å². The van der Waals surface area contributed by atoms with E-state index in [0.29, 0.717) is 5.39 Å². The number of rotatable bonds is 2. The molecule has 0 radical (unpaired) electrons. The Labute approximate surface area is 120 Å². The fourth-order valence-corrected chi connectivity index (χ4v) is 2.96. The number of fused-ring (bicyclic) bond motifs is 1. The molecule has 0 spiro atoms. The maximum atomic E-state index is 12.4. The molecule has 5 heteroatoms. The van der Waals surface area contributed by atoms with Crippen LogP contribution in [0.1, 0.15) is 16.0 Å². The van der Waals surface area contributed by atoms with E-state index in [-0.39, 0.29) is 5.56 Å². The van der Waals surface area contributed by atoms with Crippen molar-refractivity contribution in [1.82, 2.24) is 9.66 Å². The molecule has 0 saturated heterocycles. The van der Waals surface area contributed by atoms with E-state index < -0.39 is 0 Å². The van der Waals surface area contributed by atoms with Crippen molar-refractivity contribution >= 4 is 27.8 Å². The summed E-state index contributed by atoms with van der Waals surface area (Å²) in [5, 5.41) is 4.86. The summed E-state index contributed by atoms with van der Waals surface area (Å²) in [6.45, 7) is 3.95. The van der Waals surface area contributed by atoms with Crippen molar-refractivity contribution in [3.8, 4) is 0 Å². The monoisotopic (exact) mass is 283 g/mol. The minimum absolute atomic E-state index is 0.121. The first kappa shape index (κ1) is 12.7. The number of nitrogens with zero attached hydrogens (tertiary/aromatic N) is 3. The van der Waals surface area contributed by atoms with Crippen molar-refractivity contribution in [3.05, 3.63) is 63.0 Å². The lowest BCUT2D eigenvalue weighted by molar-refractivity contribution is 0.818. The summed E-state index contributed by atoms with van der Waals surface area (Å²) in [5.41, 5.74) is 1.81. The van der Waals surface area contributed by atoms with Crippen molar-refractivity contribution in [2.45, 2.75) is 13.8 Å². The minimum atomic E-state index is -0.121. The maximum Gasteiger partial charge on any atom is 0.282 e. The van der Waals surface area contributed by atoms with Gasteiger partial charge in [-0.25, -0.2) is 4.98 Å². The second-order valence-electron chi connectivity index (χ2n) is 4.51. The van der Waals surface area contributed by atoms with E-state index >= 15 is 0 Å². The Morgan fingerprint density at radius 1 is 1.25 bits per heavy atom. The molecule has 0 N–H and O–H groups in total. The van der Waals surface area contributed by atoms with Gasteiger partial charge in [-0.3, -0.25) is 4.79 Å². The molecular weight excluding hydrogens is 270 g/mol. The average Bonchev–Trinajstić information content (AvgIpc) is 2.75. The molecule has 2 heterocycles. The summed E-state index contributed by atoms with van der Waals surface area (Å²) in [7, 11) is 0. The Morgan fingerprint density at radius 3 is 2.75 bits per heavy atom.